The Balaban J connectivity index is 1.58. The zero-order valence-corrected chi connectivity index (χ0v) is 25.1. The molecule has 1 aromatic heterocycles. The Morgan fingerprint density at radius 3 is 2.24 bits per heavy atom. The molecule has 0 aliphatic carbocycles. The second-order valence-corrected chi connectivity index (χ2v) is 11.8. The summed E-state index contributed by atoms with van der Waals surface area (Å²) in [7, 11) is 0. The number of para-hydroxylation sites is 1. The van der Waals surface area contributed by atoms with Gasteiger partial charge in [-0.15, -0.1) is 0 Å². The number of benzene rings is 3. The number of hydrogen-bond acceptors (Lipinski definition) is 3. The predicted molar refractivity (Wildman–Crippen MR) is 167 cm³/mol. The lowest BCUT2D eigenvalue weighted by Crippen LogP contribution is -2.37. The summed E-state index contributed by atoms with van der Waals surface area (Å²) in [6.07, 6.45) is 4.48. The minimum Gasteiger partial charge on any atom is -0.325 e. The van der Waals surface area contributed by atoms with Crippen molar-refractivity contribution in [2.24, 2.45) is 0 Å². The van der Waals surface area contributed by atoms with E-state index in [-0.39, 0.29) is 23.8 Å². The molecule has 0 aliphatic rings. The van der Waals surface area contributed by atoms with E-state index in [0.29, 0.717) is 28.6 Å². The summed E-state index contributed by atoms with van der Waals surface area (Å²) in [5, 5.41) is 8.28. The average molecular weight is 571 g/mol. The second-order valence-electron chi connectivity index (χ2n) is 11.4. The monoisotopic (exact) mass is 570 g/mol. The van der Waals surface area contributed by atoms with Gasteiger partial charge in [-0.3, -0.25) is 9.59 Å². The van der Waals surface area contributed by atoms with Crippen molar-refractivity contribution in [3.63, 3.8) is 0 Å². The highest BCUT2D eigenvalue weighted by Gasteiger charge is 2.24. The van der Waals surface area contributed by atoms with Gasteiger partial charge in [0.1, 0.15) is 12.4 Å². The van der Waals surface area contributed by atoms with Crippen LogP contribution in [0, 0.1) is 0 Å². The van der Waals surface area contributed by atoms with Crippen molar-refractivity contribution in [3.05, 3.63) is 112 Å². The molecule has 4 rings (SSSR count). The molecule has 4 aromatic rings. The summed E-state index contributed by atoms with van der Waals surface area (Å²) in [6.45, 7) is 8.56. The van der Waals surface area contributed by atoms with E-state index in [4.69, 9.17) is 16.7 Å². The molecule has 3 aromatic carbocycles. The van der Waals surface area contributed by atoms with Crippen molar-refractivity contribution in [2.45, 2.75) is 65.3 Å². The first-order valence-corrected chi connectivity index (χ1v) is 14.6. The summed E-state index contributed by atoms with van der Waals surface area (Å²) in [5.74, 6) is -0.0187. The van der Waals surface area contributed by atoms with Crippen LogP contribution in [0.1, 0.15) is 74.1 Å². The zero-order valence-electron chi connectivity index (χ0n) is 24.4. The zero-order chi connectivity index (χ0) is 29.4. The number of aromatic nitrogens is 2. The van der Waals surface area contributed by atoms with Crippen molar-refractivity contribution in [1.82, 2.24) is 14.7 Å². The second kappa shape index (κ2) is 13.6. The minimum atomic E-state index is -0.320. The Kier molecular flexibility index (Phi) is 10.0. The highest BCUT2D eigenvalue weighted by Crippen LogP contribution is 2.29. The molecule has 0 bridgehead atoms. The Morgan fingerprint density at radius 2 is 1.59 bits per heavy atom. The third kappa shape index (κ3) is 8.08. The summed E-state index contributed by atoms with van der Waals surface area (Å²) in [4.78, 5) is 28.8. The molecule has 0 saturated heterocycles. The van der Waals surface area contributed by atoms with E-state index in [9.17, 15) is 9.59 Å². The number of carbonyl (C=O) groups is 2. The van der Waals surface area contributed by atoms with Crippen molar-refractivity contribution in [1.29, 1.82) is 0 Å². The summed E-state index contributed by atoms with van der Waals surface area (Å²) in [5.41, 5.74) is 3.94. The van der Waals surface area contributed by atoms with Crippen LogP contribution in [0.25, 0.3) is 5.69 Å². The number of anilines is 1. The first-order chi connectivity index (χ1) is 19.7. The first-order valence-electron chi connectivity index (χ1n) is 14.2. The van der Waals surface area contributed by atoms with Crippen molar-refractivity contribution in [2.75, 3.05) is 11.9 Å². The van der Waals surface area contributed by atoms with Crippen LogP contribution >= 0.6 is 11.6 Å². The van der Waals surface area contributed by atoms with Crippen LogP contribution in [0.15, 0.2) is 84.9 Å². The maximum absolute atomic E-state index is 13.7. The molecule has 0 radical (unpaired) electrons. The van der Waals surface area contributed by atoms with Crippen LogP contribution in [0.2, 0.25) is 5.02 Å². The number of amides is 2. The Hall–Kier alpha value is -3.90. The van der Waals surface area contributed by atoms with E-state index in [0.717, 1.165) is 24.1 Å². The smallest absolute Gasteiger partial charge is 0.254 e. The van der Waals surface area contributed by atoms with E-state index in [1.165, 1.54) is 18.4 Å². The molecule has 0 fully saturated rings. The molecule has 1 heterocycles. The number of carbonyl (C=O) groups excluding carboxylic acids is 2. The van der Waals surface area contributed by atoms with E-state index in [2.05, 4.69) is 33.0 Å². The maximum Gasteiger partial charge on any atom is 0.254 e. The van der Waals surface area contributed by atoms with E-state index in [1.54, 1.807) is 15.6 Å². The normalized spacial score (nSPS) is 11.3. The number of nitrogens with zero attached hydrogens (tertiary/aromatic N) is 3. The number of hydrogen-bond donors (Lipinski definition) is 1. The predicted octanol–water partition coefficient (Wildman–Crippen LogP) is 7.84. The average Bonchev–Trinajstić information content (AvgIpc) is 3.37. The maximum atomic E-state index is 13.7. The number of rotatable bonds is 11. The highest BCUT2D eigenvalue weighted by molar-refractivity contribution is 6.32. The number of aryl methyl sites for hydroxylation is 1. The molecule has 0 unspecified atom stereocenters. The fourth-order valence-electron chi connectivity index (χ4n) is 4.58. The van der Waals surface area contributed by atoms with Crippen LogP contribution in [0.4, 0.5) is 5.82 Å². The molecule has 0 spiro atoms. The van der Waals surface area contributed by atoms with Gasteiger partial charge in [-0.05, 0) is 48.2 Å². The van der Waals surface area contributed by atoms with Crippen LogP contribution in [0.5, 0.6) is 0 Å². The molecular formula is C34H39ClN4O2. The van der Waals surface area contributed by atoms with Crippen molar-refractivity contribution < 1.29 is 9.59 Å². The standard InChI is InChI=1S/C34H39ClN4O2/c1-5-6-8-13-25-18-20-27(21-19-25)33(41)38(23-26-14-9-7-10-15-26)24-32(40)36-31-22-30(34(2,3)4)37-39(31)29-17-12-11-16-28(29)35/h7,9-12,14-22H,5-6,8,13,23-24H2,1-4H3,(H,36,40). The number of unbranched alkanes of at least 4 members (excludes halogenated alkanes) is 2. The van der Waals surface area contributed by atoms with Crippen LogP contribution in [-0.4, -0.2) is 33.0 Å². The van der Waals surface area contributed by atoms with E-state index >= 15 is 0 Å². The first kappa shape index (κ1) is 30.1. The summed E-state index contributed by atoms with van der Waals surface area (Å²) < 4.78 is 1.65. The van der Waals surface area contributed by atoms with Gasteiger partial charge in [0.05, 0.1) is 16.4 Å². The van der Waals surface area contributed by atoms with Gasteiger partial charge < -0.3 is 10.2 Å². The van der Waals surface area contributed by atoms with Gasteiger partial charge >= 0.3 is 0 Å². The molecule has 41 heavy (non-hydrogen) atoms. The van der Waals surface area contributed by atoms with E-state index < -0.39 is 0 Å². The van der Waals surface area contributed by atoms with E-state index in [1.807, 2.05) is 78.9 Å². The van der Waals surface area contributed by atoms with Gasteiger partial charge in [0.15, 0.2) is 0 Å². The Bertz CT molecular complexity index is 1460. The van der Waals surface area contributed by atoms with Crippen LogP contribution in [-0.2, 0) is 23.2 Å². The molecular weight excluding hydrogens is 532 g/mol. The molecule has 7 heteroatoms. The number of halogens is 1. The largest absolute Gasteiger partial charge is 0.325 e. The minimum absolute atomic E-state index is 0.121. The topological polar surface area (TPSA) is 67.2 Å². The lowest BCUT2D eigenvalue weighted by Gasteiger charge is -2.23. The SMILES string of the molecule is CCCCCc1ccc(C(=O)N(CC(=O)Nc2cc(C(C)(C)C)nn2-c2ccccc2Cl)Cc2ccccc2)cc1. The van der Waals surface area contributed by atoms with Gasteiger partial charge in [0, 0.05) is 23.6 Å². The van der Waals surface area contributed by atoms with Gasteiger partial charge in [-0.25, -0.2) is 4.68 Å². The molecule has 2 amide bonds. The lowest BCUT2D eigenvalue weighted by atomic mass is 9.92. The molecule has 1 N–H and O–H groups in total. The summed E-state index contributed by atoms with van der Waals surface area (Å²) >= 11 is 6.49. The molecule has 214 valence electrons. The number of nitrogens with one attached hydrogen (secondary N) is 1. The fraction of sp³-hybridized carbons (Fsp3) is 0.324. The Morgan fingerprint density at radius 1 is 0.902 bits per heavy atom. The van der Waals surface area contributed by atoms with Crippen molar-refractivity contribution in [3.8, 4) is 5.69 Å². The quantitative estimate of drug-likeness (QED) is 0.187. The van der Waals surface area contributed by atoms with Gasteiger partial charge in [-0.2, -0.15) is 5.10 Å². The third-order valence-electron chi connectivity index (χ3n) is 6.93. The van der Waals surface area contributed by atoms with Gasteiger partial charge in [0.25, 0.3) is 5.91 Å². The molecule has 0 saturated carbocycles. The summed E-state index contributed by atoms with van der Waals surface area (Å²) in [6, 6.07) is 26.7. The molecule has 6 nitrogen and oxygen atoms in total. The lowest BCUT2D eigenvalue weighted by molar-refractivity contribution is -0.117. The fourth-order valence-corrected chi connectivity index (χ4v) is 4.79. The van der Waals surface area contributed by atoms with Crippen molar-refractivity contribution >= 4 is 29.2 Å². The van der Waals surface area contributed by atoms with Crippen LogP contribution in [0.3, 0.4) is 0 Å². The van der Waals surface area contributed by atoms with Crippen LogP contribution < -0.4 is 5.32 Å². The highest BCUT2D eigenvalue weighted by atomic mass is 35.5. The Labute approximate surface area is 248 Å². The molecule has 0 atom stereocenters. The van der Waals surface area contributed by atoms with Gasteiger partial charge in [0.2, 0.25) is 5.91 Å². The molecule has 0 aliphatic heterocycles. The van der Waals surface area contributed by atoms with Gasteiger partial charge in [-0.1, -0.05) is 107 Å². The third-order valence-corrected chi connectivity index (χ3v) is 7.25.